The van der Waals surface area contributed by atoms with Crippen molar-refractivity contribution < 1.29 is 0 Å². The topological polar surface area (TPSA) is 24.9 Å². The molecule has 1 unspecified atom stereocenters. The van der Waals surface area contributed by atoms with Gasteiger partial charge in [0.1, 0.15) is 5.82 Å². The fraction of sp³-hybridized carbons (Fsp3) is 0.364. The summed E-state index contributed by atoms with van der Waals surface area (Å²) in [5.41, 5.74) is 0. The summed E-state index contributed by atoms with van der Waals surface area (Å²) in [7, 11) is 0. The maximum atomic E-state index is 6.01. The van der Waals surface area contributed by atoms with Crippen LogP contribution in [-0.2, 0) is 0 Å². The molecule has 15 heavy (non-hydrogen) atoms. The molecule has 1 atom stereocenters. The van der Waals surface area contributed by atoms with E-state index in [1.165, 1.54) is 0 Å². The van der Waals surface area contributed by atoms with Crippen molar-refractivity contribution in [1.82, 2.24) is 4.98 Å². The largest absolute Gasteiger partial charge is 0.355 e. The fourth-order valence-corrected chi connectivity index (χ4v) is 1.75. The second-order valence-corrected chi connectivity index (χ2v) is 4.84. The van der Waals surface area contributed by atoms with Crippen molar-refractivity contribution in [3.63, 3.8) is 0 Å². The van der Waals surface area contributed by atoms with Crippen molar-refractivity contribution in [2.24, 2.45) is 5.92 Å². The highest BCUT2D eigenvalue weighted by atomic mass is 79.9. The normalized spacial score (nSPS) is 12.3. The van der Waals surface area contributed by atoms with Gasteiger partial charge in [0.15, 0.2) is 0 Å². The minimum Gasteiger partial charge on any atom is -0.355 e. The standard InChI is InChI=1S/C11H12BrClN2/c1-4-10(7(2)3)15-11-9(13)5-8(12)6-14-11/h1,5-7,10H,2-3H3,(H,14,15). The molecular weight excluding hydrogens is 275 g/mol. The predicted octanol–water partition coefficient (Wildman–Crippen LogP) is 3.57. The van der Waals surface area contributed by atoms with E-state index in [1.54, 1.807) is 12.3 Å². The molecule has 4 heteroatoms. The molecule has 0 saturated heterocycles. The quantitative estimate of drug-likeness (QED) is 0.860. The van der Waals surface area contributed by atoms with Crippen molar-refractivity contribution >= 4 is 33.3 Å². The van der Waals surface area contributed by atoms with Crippen LogP contribution in [0.3, 0.4) is 0 Å². The third kappa shape index (κ3) is 3.40. The van der Waals surface area contributed by atoms with Crippen LogP contribution in [0, 0.1) is 18.3 Å². The van der Waals surface area contributed by atoms with E-state index in [2.05, 4.69) is 32.2 Å². The first-order valence-electron chi connectivity index (χ1n) is 4.58. The van der Waals surface area contributed by atoms with Crippen LogP contribution in [0.15, 0.2) is 16.7 Å². The molecule has 0 saturated carbocycles. The molecule has 1 aromatic rings. The average molecular weight is 288 g/mol. The first kappa shape index (κ1) is 12.4. The summed E-state index contributed by atoms with van der Waals surface area (Å²) in [5, 5.41) is 3.68. The van der Waals surface area contributed by atoms with Crippen molar-refractivity contribution in [2.45, 2.75) is 19.9 Å². The molecule has 0 amide bonds. The summed E-state index contributed by atoms with van der Waals surface area (Å²) in [5.74, 6) is 3.62. The summed E-state index contributed by atoms with van der Waals surface area (Å²) in [4.78, 5) is 4.16. The van der Waals surface area contributed by atoms with Gasteiger partial charge in [-0.2, -0.15) is 0 Å². The van der Waals surface area contributed by atoms with Crippen molar-refractivity contribution in [2.75, 3.05) is 5.32 Å². The first-order valence-corrected chi connectivity index (χ1v) is 5.75. The van der Waals surface area contributed by atoms with E-state index in [0.29, 0.717) is 16.8 Å². The third-order valence-electron chi connectivity index (χ3n) is 1.95. The minimum atomic E-state index is -0.0591. The van der Waals surface area contributed by atoms with Crippen LogP contribution in [-0.4, -0.2) is 11.0 Å². The molecule has 0 aliphatic heterocycles. The molecule has 0 bridgehead atoms. The molecule has 1 N–H and O–H groups in total. The Balaban J connectivity index is 2.85. The molecule has 0 fully saturated rings. The summed E-state index contributed by atoms with van der Waals surface area (Å²) < 4.78 is 0.847. The zero-order valence-electron chi connectivity index (χ0n) is 8.59. The van der Waals surface area contributed by atoms with Crippen molar-refractivity contribution in [1.29, 1.82) is 0 Å². The number of anilines is 1. The molecule has 0 aliphatic carbocycles. The average Bonchev–Trinajstić information content (AvgIpc) is 2.16. The number of hydrogen-bond donors (Lipinski definition) is 1. The summed E-state index contributed by atoms with van der Waals surface area (Å²) in [6, 6.07) is 1.72. The maximum Gasteiger partial charge on any atom is 0.145 e. The van der Waals surface area contributed by atoms with Gasteiger partial charge in [-0.3, -0.25) is 0 Å². The smallest absolute Gasteiger partial charge is 0.145 e. The Morgan fingerprint density at radius 2 is 2.27 bits per heavy atom. The van der Waals surface area contributed by atoms with Gasteiger partial charge in [0, 0.05) is 10.7 Å². The van der Waals surface area contributed by atoms with Gasteiger partial charge in [0.05, 0.1) is 11.1 Å². The molecular formula is C11H12BrClN2. The van der Waals surface area contributed by atoms with Gasteiger partial charge in [-0.1, -0.05) is 31.4 Å². The van der Waals surface area contributed by atoms with E-state index in [4.69, 9.17) is 18.0 Å². The van der Waals surface area contributed by atoms with Crippen LogP contribution in [0.5, 0.6) is 0 Å². The lowest BCUT2D eigenvalue weighted by molar-refractivity contribution is 0.612. The highest BCUT2D eigenvalue weighted by Gasteiger charge is 2.12. The predicted molar refractivity (Wildman–Crippen MR) is 68.0 cm³/mol. The van der Waals surface area contributed by atoms with Crippen LogP contribution in [0.1, 0.15) is 13.8 Å². The van der Waals surface area contributed by atoms with Gasteiger partial charge in [0.25, 0.3) is 0 Å². The fourth-order valence-electron chi connectivity index (χ4n) is 1.07. The van der Waals surface area contributed by atoms with Crippen molar-refractivity contribution in [3.8, 4) is 12.3 Å². The van der Waals surface area contributed by atoms with Crippen LogP contribution >= 0.6 is 27.5 Å². The zero-order valence-corrected chi connectivity index (χ0v) is 10.9. The number of terminal acetylenes is 1. The number of nitrogens with zero attached hydrogens (tertiary/aromatic N) is 1. The van der Waals surface area contributed by atoms with E-state index in [1.807, 2.05) is 13.8 Å². The van der Waals surface area contributed by atoms with Crippen LogP contribution in [0.25, 0.3) is 0 Å². The Morgan fingerprint density at radius 1 is 1.60 bits per heavy atom. The molecule has 0 aliphatic rings. The van der Waals surface area contributed by atoms with E-state index in [0.717, 1.165) is 4.47 Å². The van der Waals surface area contributed by atoms with Crippen LogP contribution in [0.2, 0.25) is 5.02 Å². The second-order valence-electron chi connectivity index (χ2n) is 3.52. The molecule has 80 valence electrons. The van der Waals surface area contributed by atoms with Crippen LogP contribution in [0.4, 0.5) is 5.82 Å². The monoisotopic (exact) mass is 286 g/mol. The van der Waals surface area contributed by atoms with E-state index < -0.39 is 0 Å². The Morgan fingerprint density at radius 3 is 2.73 bits per heavy atom. The lowest BCUT2D eigenvalue weighted by Gasteiger charge is -2.17. The van der Waals surface area contributed by atoms with E-state index in [9.17, 15) is 0 Å². The molecule has 1 aromatic heterocycles. The van der Waals surface area contributed by atoms with Crippen molar-refractivity contribution in [3.05, 3.63) is 21.8 Å². The molecule has 1 rings (SSSR count). The maximum absolute atomic E-state index is 6.01. The Bertz CT molecular complexity index is 385. The SMILES string of the molecule is C#CC(Nc1ncc(Br)cc1Cl)C(C)C. The first-order chi connectivity index (χ1) is 7.04. The summed E-state index contributed by atoms with van der Waals surface area (Å²) >= 11 is 9.31. The second kappa shape index (κ2) is 5.39. The summed E-state index contributed by atoms with van der Waals surface area (Å²) in [6.07, 6.45) is 7.09. The highest BCUT2D eigenvalue weighted by Crippen LogP contribution is 2.24. The van der Waals surface area contributed by atoms with E-state index in [-0.39, 0.29) is 6.04 Å². The Labute approximate surface area is 104 Å². The van der Waals surface area contributed by atoms with Gasteiger partial charge in [-0.05, 0) is 27.9 Å². The number of halogens is 2. The third-order valence-corrected chi connectivity index (χ3v) is 2.67. The Kier molecular flexibility index (Phi) is 4.44. The Hall–Kier alpha value is -0.720. The number of rotatable bonds is 3. The number of hydrogen-bond acceptors (Lipinski definition) is 2. The van der Waals surface area contributed by atoms with Gasteiger partial charge in [0.2, 0.25) is 0 Å². The van der Waals surface area contributed by atoms with Gasteiger partial charge in [-0.25, -0.2) is 4.98 Å². The molecule has 0 aromatic carbocycles. The molecule has 0 radical (unpaired) electrons. The number of aromatic nitrogens is 1. The summed E-state index contributed by atoms with van der Waals surface area (Å²) in [6.45, 7) is 4.09. The highest BCUT2D eigenvalue weighted by molar-refractivity contribution is 9.10. The van der Waals surface area contributed by atoms with Gasteiger partial charge >= 0.3 is 0 Å². The minimum absolute atomic E-state index is 0.0591. The lowest BCUT2D eigenvalue weighted by Crippen LogP contribution is -2.24. The van der Waals surface area contributed by atoms with Crippen LogP contribution < -0.4 is 5.32 Å². The van der Waals surface area contributed by atoms with Gasteiger partial charge < -0.3 is 5.32 Å². The lowest BCUT2D eigenvalue weighted by atomic mass is 10.1. The zero-order chi connectivity index (χ0) is 11.4. The van der Waals surface area contributed by atoms with E-state index >= 15 is 0 Å². The molecule has 0 spiro atoms. The molecule has 2 nitrogen and oxygen atoms in total. The number of pyridine rings is 1. The number of nitrogens with one attached hydrogen (secondary N) is 1. The van der Waals surface area contributed by atoms with Gasteiger partial charge in [-0.15, -0.1) is 6.42 Å². The molecule has 1 heterocycles.